The minimum atomic E-state index is -0.230. The van der Waals surface area contributed by atoms with E-state index in [9.17, 15) is 14.7 Å². The van der Waals surface area contributed by atoms with Gasteiger partial charge in [-0.1, -0.05) is 24.3 Å². The van der Waals surface area contributed by atoms with E-state index in [0.717, 1.165) is 11.3 Å². The lowest BCUT2D eigenvalue weighted by molar-refractivity contribution is -0.135. The molecule has 0 atom stereocenters. The number of hydrogen-bond acceptors (Lipinski definition) is 11. The monoisotopic (exact) mass is 646 g/mol. The summed E-state index contributed by atoms with van der Waals surface area (Å²) in [6.07, 6.45) is 6.19. The molecule has 0 bridgehead atoms. The molecule has 14 heteroatoms. The molecule has 1 fully saturated rings. The van der Waals surface area contributed by atoms with Crippen LogP contribution in [0, 0.1) is 6.92 Å². The van der Waals surface area contributed by atoms with Crippen molar-refractivity contribution in [2.24, 2.45) is 0 Å². The molecule has 6 aromatic rings. The normalized spacial score (nSPS) is 13.4. The Morgan fingerprint density at radius 1 is 1.00 bits per heavy atom. The number of aromatic nitrogens is 8. The van der Waals surface area contributed by atoms with Crippen LogP contribution in [0.5, 0.6) is 5.75 Å². The van der Waals surface area contributed by atoms with Gasteiger partial charge in [-0.25, -0.2) is 19.6 Å². The molecule has 2 aromatic carbocycles. The lowest BCUT2D eigenvalue weighted by Gasteiger charge is -2.26. The number of benzene rings is 2. The molecule has 0 spiro atoms. The lowest BCUT2D eigenvalue weighted by Crippen LogP contribution is -2.40. The molecule has 1 aliphatic rings. The second-order valence-corrected chi connectivity index (χ2v) is 11.7. The van der Waals surface area contributed by atoms with Crippen LogP contribution in [0.25, 0.3) is 33.2 Å². The number of anilines is 1. The summed E-state index contributed by atoms with van der Waals surface area (Å²) in [5.74, 6) is 0.838. The van der Waals surface area contributed by atoms with Crippen LogP contribution < -0.4 is 11.3 Å². The highest BCUT2D eigenvalue weighted by Gasteiger charge is 2.22. The average molecular weight is 647 g/mol. The topological polar surface area (TPSA) is 180 Å². The van der Waals surface area contributed by atoms with Crippen molar-refractivity contribution in [3.05, 3.63) is 94.3 Å². The molecule has 244 valence electrons. The van der Waals surface area contributed by atoms with Crippen LogP contribution >= 0.6 is 0 Å². The summed E-state index contributed by atoms with van der Waals surface area (Å²) in [5.41, 5.74) is 10.4. The van der Waals surface area contributed by atoms with E-state index in [1.165, 1.54) is 6.33 Å². The number of nitrogen functional groups attached to an aromatic ring is 1. The minimum absolute atomic E-state index is 0.0779. The molecule has 1 aliphatic heterocycles. The van der Waals surface area contributed by atoms with Gasteiger partial charge in [0.25, 0.3) is 5.56 Å². The van der Waals surface area contributed by atoms with E-state index in [2.05, 4.69) is 19.9 Å². The molecule has 0 aliphatic carbocycles. The summed E-state index contributed by atoms with van der Waals surface area (Å²) in [7, 11) is 0. The van der Waals surface area contributed by atoms with Gasteiger partial charge < -0.3 is 20.5 Å². The Kier molecular flexibility index (Phi) is 8.46. The van der Waals surface area contributed by atoms with Gasteiger partial charge in [-0.05, 0) is 43.5 Å². The van der Waals surface area contributed by atoms with Crippen molar-refractivity contribution >= 4 is 33.7 Å². The quantitative estimate of drug-likeness (QED) is 0.236. The number of carbonyl (C=O) groups is 1. The predicted molar refractivity (Wildman–Crippen MR) is 178 cm³/mol. The van der Waals surface area contributed by atoms with Crippen molar-refractivity contribution in [2.75, 3.05) is 32.0 Å². The van der Waals surface area contributed by atoms with Crippen LogP contribution in [0.3, 0.4) is 0 Å². The Bertz CT molecular complexity index is 2190. The molecule has 0 saturated carbocycles. The van der Waals surface area contributed by atoms with Crippen molar-refractivity contribution in [1.29, 1.82) is 0 Å². The van der Waals surface area contributed by atoms with Crippen LogP contribution in [0.1, 0.15) is 35.6 Å². The second kappa shape index (κ2) is 13.2. The van der Waals surface area contributed by atoms with Crippen molar-refractivity contribution in [3.8, 4) is 17.0 Å². The Hall–Kier alpha value is -5.76. The highest BCUT2D eigenvalue weighted by molar-refractivity contribution is 5.98. The Morgan fingerprint density at radius 3 is 2.62 bits per heavy atom. The second-order valence-electron chi connectivity index (χ2n) is 11.7. The van der Waals surface area contributed by atoms with Crippen molar-refractivity contribution in [1.82, 2.24) is 44.2 Å². The third-order valence-corrected chi connectivity index (χ3v) is 8.47. The zero-order chi connectivity index (χ0) is 33.2. The standard InChI is InChI=1S/C34H34N10O4/c1-21-16-37-24(17-36-21)18-43-27(19-44-33-30(32(35)38-20-39-33)31(41-44)23-7-2-8-25(45)15-23)40-26-9-3-5-22(29(26)34(43)47)6-4-10-28(46)42-11-13-48-14-12-42/h2-3,5,7-9,15-17,20,45H,4,6,10-14,18-19H2,1H3,(H2,35,38,39). The van der Waals surface area contributed by atoms with Gasteiger partial charge in [-0.3, -0.25) is 24.1 Å². The third-order valence-electron chi connectivity index (χ3n) is 8.47. The zero-order valence-electron chi connectivity index (χ0n) is 26.4. The van der Waals surface area contributed by atoms with Gasteiger partial charge in [-0.15, -0.1) is 0 Å². The Labute approximate surface area is 274 Å². The summed E-state index contributed by atoms with van der Waals surface area (Å²) in [6, 6.07) is 12.3. The first kappa shape index (κ1) is 30.9. The maximum absolute atomic E-state index is 14.4. The average Bonchev–Trinajstić information content (AvgIpc) is 3.47. The van der Waals surface area contributed by atoms with E-state index in [1.807, 2.05) is 36.1 Å². The number of aromatic hydroxyl groups is 1. The molecule has 0 radical (unpaired) electrons. The van der Waals surface area contributed by atoms with E-state index < -0.39 is 0 Å². The number of rotatable bonds is 9. The fraction of sp³-hybridized carbons (Fsp3) is 0.294. The molecule has 7 rings (SSSR count). The van der Waals surface area contributed by atoms with E-state index in [4.69, 9.17) is 20.6 Å². The Balaban J connectivity index is 1.29. The van der Waals surface area contributed by atoms with Gasteiger partial charge in [0.15, 0.2) is 5.65 Å². The number of fused-ring (bicyclic) bond motifs is 2. The number of amides is 1. The molecule has 5 heterocycles. The predicted octanol–water partition coefficient (Wildman–Crippen LogP) is 2.87. The van der Waals surface area contributed by atoms with Crippen LogP contribution in [0.2, 0.25) is 0 Å². The highest BCUT2D eigenvalue weighted by atomic mass is 16.5. The SMILES string of the molecule is Cc1cnc(Cn2c(Cn3nc(-c4cccc(O)c4)c4c(N)ncnc43)nc3cccc(CCCC(=O)N4CCOCC4)c3c2=O)cn1. The van der Waals surface area contributed by atoms with Gasteiger partial charge in [0.05, 0.1) is 53.6 Å². The molecule has 1 saturated heterocycles. The summed E-state index contributed by atoms with van der Waals surface area (Å²) in [4.78, 5) is 51.6. The number of nitrogens with zero attached hydrogens (tertiary/aromatic N) is 9. The molecule has 48 heavy (non-hydrogen) atoms. The van der Waals surface area contributed by atoms with Gasteiger partial charge in [0.1, 0.15) is 36.0 Å². The van der Waals surface area contributed by atoms with Crippen molar-refractivity contribution < 1.29 is 14.6 Å². The summed E-state index contributed by atoms with van der Waals surface area (Å²) in [5, 5.41) is 16.0. The first-order valence-electron chi connectivity index (χ1n) is 15.8. The maximum Gasteiger partial charge on any atom is 0.262 e. The van der Waals surface area contributed by atoms with Crippen LogP contribution in [0.15, 0.2) is 66.0 Å². The number of morpholine rings is 1. The summed E-state index contributed by atoms with van der Waals surface area (Å²) >= 11 is 0. The number of carbonyl (C=O) groups excluding carboxylic acids is 1. The van der Waals surface area contributed by atoms with Gasteiger partial charge >= 0.3 is 0 Å². The number of aryl methyl sites for hydroxylation is 2. The summed E-state index contributed by atoms with van der Waals surface area (Å²) < 4.78 is 8.60. The molecular formula is C34H34N10O4. The molecule has 4 aromatic heterocycles. The van der Waals surface area contributed by atoms with Crippen LogP contribution in [0.4, 0.5) is 5.82 Å². The lowest BCUT2D eigenvalue weighted by atomic mass is 10.0. The summed E-state index contributed by atoms with van der Waals surface area (Å²) in [6.45, 7) is 4.37. The van der Waals surface area contributed by atoms with Gasteiger partial charge in [0.2, 0.25) is 5.91 Å². The maximum atomic E-state index is 14.4. The van der Waals surface area contributed by atoms with Gasteiger partial charge in [-0.2, -0.15) is 5.10 Å². The van der Waals surface area contributed by atoms with E-state index in [-0.39, 0.29) is 36.1 Å². The molecular weight excluding hydrogens is 612 g/mol. The smallest absolute Gasteiger partial charge is 0.262 e. The molecule has 1 amide bonds. The highest BCUT2D eigenvalue weighted by Crippen LogP contribution is 2.32. The molecule has 14 nitrogen and oxygen atoms in total. The molecule has 3 N–H and O–H groups in total. The third kappa shape index (κ3) is 6.17. The number of phenols is 1. The number of nitrogens with two attached hydrogens (primary N) is 1. The minimum Gasteiger partial charge on any atom is -0.508 e. The van der Waals surface area contributed by atoms with Gasteiger partial charge in [0, 0.05) is 31.3 Å². The van der Waals surface area contributed by atoms with Crippen LogP contribution in [-0.4, -0.2) is 81.5 Å². The number of ether oxygens (including phenoxy) is 1. The molecule has 0 unspecified atom stereocenters. The van der Waals surface area contributed by atoms with E-state index >= 15 is 0 Å². The number of hydrogen-bond donors (Lipinski definition) is 2. The van der Waals surface area contributed by atoms with Crippen molar-refractivity contribution in [2.45, 2.75) is 39.3 Å². The fourth-order valence-electron chi connectivity index (χ4n) is 6.06. The zero-order valence-corrected chi connectivity index (χ0v) is 26.4. The first-order valence-corrected chi connectivity index (χ1v) is 15.8. The van der Waals surface area contributed by atoms with E-state index in [0.29, 0.717) is 90.3 Å². The first-order chi connectivity index (χ1) is 23.4. The van der Waals surface area contributed by atoms with Crippen molar-refractivity contribution in [3.63, 3.8) is 0 Å². The Morgan fingerprint density at radius 2 is 1.83 bits per heavy atom. The van der Waals surface area contributed by atoms with Crippen LogP contribution in [-0.2, 0) is 29.0 Å². The number of phenolic OH excluding ortho intramolecular Hbond substituents is 1. The largest absolute Gasteiger partial charge is 0.508 e. The van der Waals surface area contributed by atoms with E-state index in [1.54, 1.807) is 39.8 Å². The fourth-order valence-corrected chi connectivity index (χ4v) is 6.06.